The number of imidazole rings is 1. The van der Waals surface area contributed by atoms with Crippen molar-refractivity contribution in [2.75, 3.05) is 24.3 Å². The SMILES string of the molecule is NCCC(=O)[C@@H]1CC[C@H](n2cnc3c(N)nc(N/N=C/C4=COCCC4)nc32)O1. The zero-order chi connectivity index (χ0) is 20.2. The van der Waals surface area contributed by atoms with Gasteiger partial charge in [-0.25, -0.2) is 10.4 Å². The number of hydrogen-bond donors (Lipinski definition) is 3. The number of aromatic nitrogens is 4. The Morgan fingerprint density at radius 3 is 3.10 bits per heavy atom. The highest BCUT2D eigenvalue weighted by Crippen LogP contribution is 2.32. The van der Waals surface area contributed by atoms with Crippen molar-refractivity contribution in [1.29, 1.82) is 0 Å². The number of hydrogen-bond acceptors (Lipinski definition) is 10. The lowest BCUT2D eigenvalue weighted by Crippen LogP contribution is -2.23. The number of carbonyl (C=O) groups excluding carboxylic acids is 1. The number of nitrogens with two attached hydrogens (primary N) is 2. The minimum atomic E-state index is -0.451. The maximum Gasteiger partial charge on any atom is 0.247 e. The van der Waals surface area contributed by atoms with E-state index in [1.54, 1.807) is 23.4 Å². The molecule has 0 unspecified atom stereocenters. The average molecular weight is 400 g/mol. The summed E-state index contributed by atoms with van der Waals surface area (Å²) in [4.78, 5) is 25.0. The second kappa shape index (κ2) is 8.53. The molecule has 2 aromatic rings. The number of rotatable bonds is 7. The lowest BCUT2D eigenvalue weighted by Gasteiger charge is -2.14. The zero-order valence-electron chi connectivity index (χ0n) is 16.0. The molecule has 0 aliphatic carbocycles. The number of ether oxygens (including phenoxy) is 2. The zero-order valence-corrected chi connectivity index (χ0v) is 16.0. The average Bonchev–Trinajstić information content (AvgIpc) is 3.36. The van der Waals surface area contributed by atoms with Crippen LogP contribution in [0.3, 0.4) is 0 Å². The van der Waals surface area contributed by atoms with E-state index in [1.165, 1.54) is 0 Å². The van der Waals surface area contributed by atoms with Gasteiger partial charge < -0.3 is 20.9 Å². The van der Waals surface area contributed by atoms with Gasteiger partial charge in [0.05, 0.1) is 25.4 Å². The molecular weight excluding hydrogens is 376 g/mol. The largest absolute Gasteiger partial charge is 0.501 e. The molecular formula is C18H24N8O3. The summed E-state index contributed by atoms with van der Waals surface area (Å²) < 4.78 is 13.0. The number of nitrogens with one attached hydrogen (secondary N) is 1. The molecule has 0 spiro atoms. The molecule has 5 N–H and O–H groups in total. The lowest BCUT2D eigenvalue weighted by atomic mass is 10.1. The van der Waals surface area contributed by atoms with Gasteiger partial charge in [0, 0.05) is 12.0 Å². The van der Waals surface area contributed by atoms with E-state index in [0.717, 1.165) is 25.0 Å². The summed E-state index contributed by atoms with van der Waals surface area (Å²) in [6, 6.07) is 0. The van der Waals surface area contributed by atoms with E-state index in [9.17, 15) is 4.79 Å². The van der Waals surface area contributed by atoms with Crippen molar-refractivity contribution in [3.05, 3.63) is 18.2 Å². The third kappa shape index (κ3) is 4.20. The molecule has 1 fully saturated rings. The van der Waals surface area contributed by atoms with Crippen molar-refractivity contribution in [2.45, 2.75) is 44.4 Å². The maximum atomic E-state index is 12.1. The summed E-state index contributed by atoms with van der Waals surface area (Å²) in [7, 11) is 0. The van der Waals surface area contributed by atoms with Crippen LogP contribution in [0.25, 0.3) is 11.2 Å². The van der Waals surface area contributed by atoms with Gasteiger partial charge in [0.2, 0.25) is 5.95 Å². The molecule has 2 aromatic heterocycles. The molecule has 0 amide bonds. The molecule has 0 bridgehead atoms. The number of carbonyl (C=O) groups is 1. The topological polar surface area (TPSA) is 156 Å². The summed E-state index contributed by atoms with van der Waals surface area (Å²) in [5.74, 6) is 0.505. The molecule has 4 heterocycles. The fraction of sp³-hybridized carbons (Fsp3) is 0.500. The molecule has 2 aliphatic rings. The van der Waals surface area contributed by atoms with Crippen LogP contribution in [0.2, 0.25) is 0 Å². The number of Topliss-reactive ketones (excluding diaryl/α,β-unsaturated/α-hetero) is 1. The van der Waals surface area contributed by atoms with E-state index in [4.69, 9.17) is 20.9 Å². The van der Waals surface area contributed by atoms with Gasteiger partial charge in [0.25, 0.3) is 0 Å². The minimum Gasteiger partial charge on any atom is -0.501 e. The Labute approximate surface area is 167 Å². The van der Waals surface area contributed by atoms with Gasteiger partial charge in [-0.1, -0.05) is 0 Å². The highest BCUT2D eigenvalue weighted by molar-refractivity contribution is 5.84. The van der Waals surface area contributed by atoms with Crippen LogP contribution in [0.4, 0.5) is 11.8 Å². The van der Waals surface area contributed by atoms with Crippen LogP contribution in [-0.2, 0) is 14.3 Å². The third-order valence-corrected chi connectivity index (χ3v) is 4.86. The molecule has 154 valence electrons. The highest BCUT2D eigenvalue weighted by atomic mass is 16.5. The minimum absolute atomic E-state index is 0.0197. The van der Waals surface area contributed by atoms with Crippen molar-refractivity contribution >= 4 is 34.9 Å². The number of fused-ring (bicyclic) bond motifs is 1. The standard InChI is InChI=1S/C18H24N8O3/c19-6-5-12(27)13-3-4-14(29-13)26-10-21-15-16(20)23-18(24-17(15)26)25-22-8-11-2-1-7-28-9-11/h8-10,13-14H,1-7,19H2,(H3,20,23,24,25)/b22-8+/t13-,14+/m0/s1. The Hall–Kier alpha value is -3.05. The van der Waals surface area contributed by atoms with Gasteiger partial charge >= 0.3 is 0 Å². The third-order valence-electron chi connectivity index (χ3n) is 4.86. The van der Waals surface area contributed by atoms with Crippen molar-refractivity contribution < 1.29 is 14.3 Å². The van der Waals surface area contributed by atoms with Crippen LogP contribution in [-0.4, -0.2) is 50.8 Å². The number of allylic oxidation sites excluding steroid dienone is 1. The Morgan fingerprint density at radius 1 is 1.41 bits per heavy atom. The molecule has 1 saturated heterocycles. The van der Waals surface area contributed by atoms with Gasteiger partial charge in [0.1, 0.15) is 17.8 Å². The summed E-state index contributed by atoms with van der Waals surface area (Å²) in [5.41, 5.74) is 16.3. The molecule has 11 heteroatoms. The van der Waals surface area contributed by atoms with Gasteiger partial charge in [-0.2, -0.15) is 15.1 Å². The Kier molecular flexibility index (Phi) is 5.67. The van der Waals surface area contributed by atoms with Crippen molar-refractivity contribution in [3.63, 3.8) is 0 Å². The first-order chi connectivity index (χ1) is 14.2. The Bertz CT molecular complexity index is 954. The van der Waals surface area contributed by atoms with E-state index in [0.29, 0.717) is 37.0 Å². The van der Waals surface area contributed by atoms with Crippen LogP contribution in [0.15, 0.2) is 23.3 Å². The lowest BCUT2D eigenvalue weighted by molar-refractivity contribution is -0.131. The van der Waals surface area contributed by atoms with Crippen LogP contribution in [0.1, 0.15) is 38.3 Å². The van der Waals surface area contributed by atoms with Crippen LogP contribution in [0.5, 0.6) is 0 Å². The predicted octanol–water partition coefficient (Wildman–Crippen LogP) is 1.10. The predicted molar refractivity (Wildman–Crippen MR) is 107 cm³/mol. The summed E-state index contributed by atoms with van der Waals surface area (Å²) in [5, 5.41) is 4.16. The van der Waals surface area contributed by atoms with Crippen LogP contribution in [0, 0.1) is 0 Å². The van der Waals surface area contributed by atoms with E-state index in [-0.39, 0.29) is 23.8 Å². The number of nitrogen functional groups attached to an aromatic ring is 1. The smallest absolute Gasteiger partial charge is 0.247 e. The first-order valence-corrected chi connectivity index (χ1v) is 9.63. The van der Waals surface area contributed by atoms with Crippen LogP contribution < -0.4 is 16.9 Å². The van der Waals surface area contributed by atoms with Crippen molar-refractivity contribution in [3.8, 4) is 0 Å². The molecule has 4 rings (SSSR count). The van der Waals surface area contributed by atoms with Gasteiger partial charge in [-0.15, -0.1) is 0 Å². The second-order valence-electron chi connectivity index (χ2n) is 6.96. The van der Waals surface area contributed by atoms with E-state index in [2.05, 4.69) is 25.5 Å². The molecule has 0 saturated carbocycles. The van der Waals surface area contributed by atoms with Gasteiger partial charge in [-0.05, 0) is 32.2 Å². The van der Waals surface area contributed by atoms with Crippen molar-refractivity contribution in [2.24, 2.45) is 10.8 Å². The first kappa shape index (κ1) is 19.3. The number of ketones is 1. The Balaban J connectivity index is 1.52. The summed E-state index contributed by atoms with van der Waals surface area (Å²) >= 11 is 0. The molecule has 0 aromatic carbocycles. The van der Waals surface area contributed by atoms with E-state index in [1.807, 2.05) is 0 Å². The summed E-state index contributed by atoms with van der Waals surface area (Å²) in [6.07, 6.45) is 7.66. The molecule has 11 nitrogen and oxygen atoms in total. The monoisotopic (exact) mass is 400 g/mol. The molecule has 0 radical (unpaired) electrons. The number of hydrazone groups is 1. The normalized spacial score (nSPS) is 22.0. The molecule has 2 atom stereocenters. The fourth-order valence-electron chi connectivity index (χ4n) is 3.42. The van der Waals surface area contributed by atoms with E-state index < -0.39 is 6.10 Å². The number of nitrogens with zero attached hydrogens (tertiary/aromatic N) is 5. The number of anilines is 2. The van der Waals surface area contributed by atoms with Crippen LogP contribution >= 0.6 is 0 Å². The Morgan fingerprint density at radius 2 is 2.31 bits per heavy atom. The fourth-order valence-corrected chi connectivity index (χ4v) is 3.42. The van der Waals surface area contributed by atoms with Gasteiger partial charge in [0.15, 0.2) is 17.2 Å². The molecule has 2 aliphatic heterocycles. The highest BCUT2D eigenvalue weighted by Gasteiger charge is 2.32. The quantitative estimate of drug-likeness (QED) is 0.457. The maximum absolute atomic E-state index is 12.1. The first-order valence-electron chi connectivity index (χ1n) is 9.63. The molecule has 29 heavy (non-hydrogen) atoms. The van der Waals surface area contributed by atoms with Crippen molar-refractivity contribution in [1.82, 2.24) is 19.5 Å². The summed E-state index contributed by atoms with van der Waals surface area (Å²) in [6.45, 7) is 1.05. The second-order valence-corrected chi connectivity index (χ2v) is 6.96. The van der Waals surface area contributed by atoms with Gasteiger partial charge in [-0.3, -0.25) is 9.36 Å². The van der Waals surface area contributed by atoms with E-state index >= 15 is 0 Å².